The summed E-state index contributed by atoms with van der Waals surface area (Å²) in [6.45, 7) is 1.99. The Balaban J connectivity index is 0.00000196. The lowest BCUT2D eigenvalue weighted by molar-refractivity contribution is 0.616. The molecule has 0 amide bonds. The molecule has 2 heterocycles. The van der Waals surface area contributed by atoms with Gasteiger partial charge >= 0.3 is 0 Å². The highest BCUT2D eigenvalue weighted by atomic mass is 35.5. The number of nitrogens with zero attached hydrogens (tertiary/aromatic N) is 3. The zero-order valence-corrected chi connectivity index (χ0v) is 16.2. The monoisotopic (exact) mass is 388 g/mol. The van der Waals surface area contributed by atoms with E-state index in [0.29, 0.717) is 6.04 Å². The first-order chi connectivity index (χ1) is 12.2. The van der Waals surface area contributed by atoms with Crippen molar-refractivity contribution in [1.82, 2.24) is 15.5 Å². The van der Waals surface area contributed by atoms with Gasteiger partial charge in [-0.2, -0.15) is 5.10 Å². The molecule has 0 radical (unpaired) electrons. The molecular weight excluding hydrogens is 367 g/mol. The van der Waals surface area contributed by atoms with Gasteiger partial charge in [0.2, 0.25) is 0 Å². The standard InChI is InChI=1S/C20H21ClN4.ClH/c1-22-16-10-11-25(13-16)20-18-5-3-2-4-17(18)19(23-24-20)12-14-6-8-15(21)9-7-14;/h2-9,16,22H,10-13H2,1H3;1H. The Morgan fingerprint density at radius 2 is 1.81 bits per heavy atom. The van der Waals surface area contributed by atoms with Crippen LogP contribution in [0.25, 0.3) is 10.8 Å². The molecule has 4 rings (SSSR count). The molecule has 0 spiro atoms. The van der Waals surface area contributed by atoms with Crippen molar-refractivity contribution in [3.63, 3.8) is 0 Å². The summed E-state index contributed by atoms with van der Waals surface area (Å²) in [4.78, 5) is 2.34. The quantitative estimate of drug-likeness (QED) is 0.730. The minimum atomic E-state index is 0. The third-order valence-electron chi connectivity index (χ3n) is 4.93. The predicted molar refractivity (Wildman–Crippen MR) is 111 cm³/mol. The Morgan fingerprint density at radius 1 is 1.08 bits per heavy atom. The number of fused-ring (bicyclic) bond motifs is 1. The summed E-state index contributed by atoms with van der Waals surface area (Å²) >= 11 is 5.99. The van der Waals surface area contributed by atoms with Gasteiger partial charge in [-0.15, -0.1) is 17.5 Å². The maximum Gasteiger partial charge on any atom is 0.159 e. The minimum absolute atomic E-state index is 0. The molecule has 1 fully saturated rings. The molecule has 0 saturated carbocycles. The van der Waals surface area contributed by atoms with Crippen molar-refractivity contribution in [1.29, 1.82) is 0 Å². The molecule has 2 aromatic carbocycles. The summed E-state index contributed by atoms with van der Waals surface area (Å²) in [5.41, 5.74) is 2.19. The summed E-state index contributed by atoms with van der Waals surface area (Å²) in [7, 11) is 2.02. The van der Waals surface area contributed by atoms with E-state index in [9.17, 15) is 0 Å². The second-order valence-electron chi connectivity index (χ2n) is 6.54. The van der Waals surface area contributed by atoms with Crippen molar-refractivity contribution in [2.45, 2.75) is 18.9 Å². The van der Waals surface area contributed by atoms with Gasteiger partial charge < -0.3 is 10.2 Å². The Hall–Kier alpha value is -1.88. The first-order valence-electron chi connectivity index (χ1n) is 8.65. The van der Waals surface area contributed by atoms with Crippen molar-refractivity contribution in [3.8, 4) is 0 Å². The lowest BCUT2D eigenvalue weighted by atomic mass is 10.0. The van der Waals surface area contributed by atoms with Crippen LogP contribution < -0.4 is 10.2 Å². The molecule has 0 aliphatic carbocycles. The maximum atomic E-state index is 5.99. The third kappa shape index (κ3) is 3.78. The van der Waals surface area contributed by atoms with Crippen molar-refractivity contribution >= 4 is 40.6 Å². The molecule has 26 heavy (non-hydrogen) atoms. The average molecular weight is 389 g/mol. The van der Waals surface area contributed by atoms with Gasteiger partial charge in [-0.25, -0.2) is 0 Å². The van der Waals surface area contributed by atoms with Crippen LogP contribution in [-0.2, 0) is 6.42 Å². The summed E-state index contributed by atoms with van der Waals surface area (Å²) < 4.78 is 0. The van der Waals surface area contributed by atoms with Crippen LogP contribution in [0.1, 0.15) is 17.7 Å². The SMILES string of the molecule is CNC1CCN(c2nnc(Cc3ccc(Cl)cc3)c3ccccc23)C1.Cl. The molecule has 1 unspecified atom stereocenters. The van der Waals surface area contributed by atoms with Crippen LogP contribution >= 0.6 is 24.0 Å². The molecule has 1 saturated heterocycles. The average Bonchev–Trinajstić information content (AvgIpc) is 3.13. The van der Waals surface area contributed by atoms with E-state index in [2.05, 4.69) is 44.7 Å². The van der Waals surface area contributed by atoms with Crippen molar-refractivity contribution < 1.29 is 0 Å². The van der Waals surface area contributed by atoms with E-state index in [1.54, 1.807) is 0 Å². The van der Waals surface area contributed by atoms with E-state index < -0.39 is 0 Å². The largest absolute Gasteiger partial charge is 0.353 e. The third-order valence-corrected chi connectivity index (χ3v) is 5.18. The first kappa shape index (κ1) is 18.9. The number of benzene rings is 2. The van der Waals surface area contributed by atoms with E-state index in [0.717, 1.165) is 42.5 Å². The van der Waals surface area contributed by atoms with E-state index in [1.807, 2.05) is 31.3 Å². The molecule has 1 aromatic heterocycles. The summed E-state index contributed by atoms with van der Waals surface area (Å²) in [6.07, 6.45) is 1.89. The Kier molecular flexibility index (Phi) is 5.97. The fourth-order valence-electron chi connectivity index (χ4n) is 3.49. The van der Waals surface area contributed by atoms with E-state index in [4.69, 9.17) is 11.6 Å². The highest BCUT2D eigenvalue weighted by molar-refractivity contribution is 6.30. The van der Waals surface area contributed by atoms with Crippen LogP contribution in [-0.4, -0.2) is 36.4 Å². The highest BCUT2D eigenvalue weighted by Gasteiger charge is 2.24. The van der Waals surface area contributed by atoms with Gasteiger partial charge in [0.1, 0.15) is 0 Å². The molecule has 1 N–H and O–H groups in total. The van der Waals surface area contributed by atoms with Crippen molar-refractivity contribution in [3.05, 3.63) is 64.8 Å². The van der Waals surface area contributed by atoms with Crippen LogP contribution in [0, 0.1) is 0 Å². The normalized spacial score (nSPS) is 16.7. The van der Waals surface area contributed by atoms with Crippen molar-refractivity contribution in [2.75, 3.05) is 25.0 Å². The number of likely N-dealkylation sites (N-methyl/N-ethyl adjacent to an activating group) is 1. The lowest BCUT2D eigenvalue weighted by Crippen LogP contribution is -2.30. The molecule has 3 aromatic rings. The Morgan fingerprint density at radius 3 is 2.50 bits per heavy atom. The van der Waals surface area contributed by atoms with Crippen LogP contribution in [0.15, 0.2) is 48.5 Å². The van der Waals surface area contributed by atoms with Crippen LogP contribution in [0.5, 0.6) is 0 Å². The number of nitrogens with one attached hydrogen (secondary N) is 1. The van der Waals surface area contributed by atoms with Gasteiger partial charge in [0.25, 0.3) is 0 Å². The van der Waals surface area contributed by atoms with E-state index in [-0.39, 0.29) is 12.4 Å². The van der Waals surface area contributed by atoms with Crippen molar-refractivity contribution in [2.24, 2.45) is 0 Å². The first-order valence-corrected chi connectivity index (χ1v) is 9.03. The number of hydrogen-bond donors (Lipinski definition) is 1. The highest BCUT2D eigenvalue weighted by Crippen LogP contribution is 2.29. The number of rotatable bonds is 4. The fraction of sp³-hybridized carbons (Fsp3) is 0.300. The number of aromatic nitrogens is 2. The zero-order valence-electron chi connectivity index (χ0n) is 14.7. The summed E-state index contributed by atoms with van der Waals surface area (Å²) in [5.74, 6) is 0.994. The second kappa shape index (κ2) is 8.21. The molecule has 136 valence electrons. The number of hydrogen-bond acceptors (Lipinski definition) is 4. The Labute approximate surface area is 165 Å². The molecule has 1 atom stereocenters. The maximum absolute atomic E-state index is 5.99. The number of anilines is 1. The van der Waals surface area contributed by atoms with Crippen LogP contribution in [0.3, 0.4) is 0 Å². The van der Waals surface area contributed by atoms with Gasteiger partial charge in [0.15, 0.2) is 5.82 Å². The van der Waals surface area contributed by atoms with Gasteiger partial charge in [-0.3, -0.25) is 0 Å². The molecular formula is C20H22Cl2N4. The van der Waals surface area contributed by atoms with Gasteiger partial charge in [-0.05, 0) is 31.2 Å². The smallest absolute Gasteiger partial charge is 0.159 e. The second-order valence-corrected chi connectivity index (χ2v) is 6.98. The fourth-order valence-corrected chi connectivity index (χ4v) is 3.62. The zero-order chi connectivity index (χ0) is 17.2. The van der Waals surface area contributed by atoms with Gasteiger partial charge in [0, 0.05) is 41.3 Å². The summed E-state index contributed by atoms with van der Waals surface area (Å²) in [5, 5.41) is 15.6. The van der Waals surface area contributed by atoms with Gasteiger partial charge in [-0.1, -0.05) is 48.0 Å². The Bertz CT molecular complexity index is 883. The minimum Gasteiger partial charge on any atom is -0.353 e. The topological polar surface area (TPSA) is 41.0 Å². The lowest BCUT2D eigenvalue weighted by Gasteiger charge is -2.19. The molecule has 4 nitrogen and oxygen atoms in total. The van der Waals surface area contributed by atoms with Crippen LogP contribution in [0.2, 0.25) is 5.02 Å². The van der Waals surface area contributed by atoms with Crippen LogP contribution in [0.4, 0.5) is 5.82 Å². The number of halogens is 2. The molecule has 1 aliphatic heterocycles. The summed E-state index contributed by atoms with van der Waals surface area (Å²) in [6, 6.07) is 16.9. The molecule has 6 heteroatoms. The predicted octanol–water partition coefficient (Wildman–Crippen LogP) is 4.09. The molecule has 0 bridgehead atoms. The van der Waals surface area contributed by atoms with Gasteiger partial charge in [0.05, 0.1) is 5.69 Å². The molecule has 1 aliphatic rings. The van der Waals surface area contributed by atoms with E-state index >= 15 is 0 Å². The van der Waals surface area contributed by atoms with E-state index in [1.165, 1.54) is 16.3 Å².